The van der Waals surface area contributed by atoms with Gasteiger partial charge in [0.25, 0.3) is 0 Å². The molecule has 1 N–H and O–H groups in total. The third-order valence-corrected chi connectivity index (χ3v) is 5.55. The highest BCUT2D eigenvalue weighted by Gasteiger charge is 2.66. The molecule has 0 unspecified atom stereocenters. The van der Waals surface area contributed by atoms with Gasteiger partial charge >= 0.3 is 6.18 Å². The van der Waals surface area contributed by atoms with E-state index in [-0.39, 0.29) is 16.9 Å². The van der Waals surface area contributed by atoms with Crippen LogP contribution in [-0.2, 0) is 6.18 Å². The number of hydrogen-bond donors (Lipinski definition) is 1. The van der Waals surface area contributed by atoms with Gasteiger partial charge < -0.3 is 9.55 Å². The standard InChI is InChI=1S/C15H17F3N2S/c1-13(2)11(14(13,3)4)20-10-6-5-8(15(16,17)18)7-9(10)19-12(20)21/h5-7,11H,1-4H3,(H,19,21). The molecule has 6 heteroatoms. The lowest BCUT2D eigenvalue weighted by Crippen LogP contribution is -2.05. The van der Waals surface area contributed by atoms with Gasteiger partial charge in [-0.25, -0.2) is 0 Å². The van der Waals surface area contributed by atoms with Crippen LogP contribution in [0.2, 0.25) is 0 Å². The van der Waals surface area contributed by atoms with Crippen molar-refractivity contribution in [2.45, 2.75) is 39.9 Å². The number of aromatic nitrogens is 2. The molecule has 2 nitrogen and oxygen atoms in total. The molecular formula is C15H17F3N2S. The molecule has 3 rings (SSSR count). The summed E-state index contributed by atoms with van der Waals surface area (Å²) in [5.74, 6) is 0. The molecule has 0 bridgehead atoms. The van der Waals surface area contributed by atoms with Gasteiger partial charge in [-0.15, -0.1) is 0 Å². The Balaban J connectivity index is 2.19. The second-order valence-electron chi connectivity index (χ2n) is 6.88. The lowest BCUT2D eigenvalue weighted by atomic mass is 10.0. The molecule has 114 valence electrons. The van der Waals surface area contributed by atoms with Crippen LogP contribution in [0, 0.1) is 15.6 Å². The number of benzene rings is 1. The summed E-state index contributed by atoms with van der Waals surface area (Å²) in [5, 5.41) is 0. The van der Waals surface area contributed by atoms with Crippen molar-refractivity contribution in [3.63, 3.8) is 0 Å². The number of imidazole rings is 1. The Morgan fingerprint density at radius 1 is 1.14 bits per heavy atom. The summed E-state index contributed by atoms with van der Waals surface area (Å²) in [6.07, 6.45) is -4.34. The number of nitrogens with one attached hydrogen (secondary N) is 1. The number of alkyl halides is 3. The number of nitrogens with zero attached hydrogens (tertiary/aromatic N) is 1. The summed E-state index contributed by atoms with van der Waals surface area (Å²) < 4.78 is 40.8. The first-order chi connectivity index (χ1) is 9.48. The van der Waals surface area contributed by atoms with Gasteiger partial charge in [-0.05, 0) is 41.2 Å². The largest absolute Gasteiger partial charge is 0.416 e. The van der Waals surface area contributed by atoms with Gasteiger partial charge in [0, 0.05) is 6.04 Å². The van der Waals surface area contributed by atoms with Crippen LogP contribution in [0.4, 0.5) is 13.2 Å². The van der Waals surface area contributed by atoms with Crippen molar-refractivity contribution in [1.82, 2.24) is 9.55 Å². The first-order valence-electron chi connectivity index (χ1n) is 6.79. The molecule has 2 aromatic rings. The number of fused-ring (bicyclic) bond motifs is 1. The van der Waals surface area contributed by atoms with Gasteiger partial charge in [-0.3, -0.25) is 0 Å². The van der Waals surface area contributed by atoms with E-state index >= 15 is 0 Å². The van der Waals surface area contributed by atoms with E-state index in [9.17, 15) is 13.2 Å². The van der Waals surface area contributed by atoms with Crippen LogP contribution in [-0.4, -0.2) is 9.55 Å². The highest BCUT2D eigenvalue weighted by Crippen LogP contribution is 2.71. The quantitative estimate of drug-likeness (QED) is 0.706. The summed E-state index contributed by atoms with van der Waals surface area (Å²) in [4.78, 5) is 2.91. The predicted molar refractivity (Wildman–Crippen MR) is 78.7 cm³/mol. The Kier molecular flexibility index (Phi) is 2.73. The van der Waals surface area contributed by atoms with E-state index in [2.05, 4.69) is 32.7 Å². The smallest absolute Gasteiger partial charge is 0.331 e. The van der Waals surface area contributed by atoms with Crippen LogP contribution in [0.15, 0.2) is 18.2 Å². The summed E-state index contributed by atoms with van der Waals surface area (Å²) in [6.45, 7) is 8.62. The second-order valence-corrected chi connectivity index (χ2v) is 7.26. The molecule has 0 aliphatic heterocycles. The highest BCUT2D eigenvalue weighted by atomic mass is 32.1. The Morgan fingerprint density at radius 3 is 2.19 bits per heavy atom. The van der Waals surface area contributed by atoms with Crippen molar-refractivity contribution in [1.29, 1.82) is 0 Å². The van der Waals surface area contributed by atoms with Crippen LogP contribution < -0.4 is 0 Å². The summed E-state index contributed by atoms with van der Waals surface area (Å²) >= 11 is 5.34. The first kappa shape index (κ1) is 14.6. The van der Waals surface area contributed by atoms with Gasteiger partial charge in [0.2, 0.25) is 0 Å². The van der Waals surface area contributed by atoms with Gasteiger partial charge in [0.1, 0.15) is 0 Å². The normalized spacial score (nSPS) is 20.9. The zero-order valence-electron chi connectivity index (χ0n) is 12.3. The average Bonchev–Trinajstić information content (AvgIpc) is 2.62. The van der Waals surface area contributed by atoms with E-state index in [0.717, 1.165) is 17.6 Å². The Labute approximate surface area is 126 Å². The number of rotatable bonds is 1. The number of hydrogen-bond acceptors (Lipinski definition) is 1. The van der Waals surface area contributed by atoms with Crippen molar-refractivity contribution in [2.75, 3.05) is 0 Å². The molecular weight excluding hydrogens is 297 g/mol. The highest BCUT2D eigenvalue weighted by molar-refractivity contribution is 7.71. The van der Waals surface area contributed by atoms with E-state index in [1.165, 1.54) is 6.07 Å². The Hall–Kier alpha value is -1.30. The van der Waals surface area contributed by atoms with Crippen LogP contribution in [0.3, 0.4) is 0 Å². The van der Waals surface area contributed by atoms with E-state index < -0.39 is 11.7 Å². The second kappa shape index (κ2) is 3.91. The summed E-state index contributed by atoms with van der Waals surface area (Å²) in [5.41, 5.74) is 0.629. The zero-order valence-corrected chi connectivity index (χ0v) is 13.1. The molecule has 21 heavy (non-hydrogen) atoms. The SMILES string of the molecule is CC1(C)C(n2c(=S)[nH]c3cc(C(F)(F)F)ccc32)C1(C)C. The molecule has 0 spiro atoms. The molecule has 1 aromatic carbocycles. The van der Waals surface area contributed by atoms with Crippen molar-refractivity contribution in [2.24, 2.45) is 10.8 Å². The molecule has 1 aliphatic carbocycles. The number of H-pyrrole nitrogens is 1. The van der Waals surface area contributed by atoms with Crippen LogP contribution >= 0.6 is 12.2 Å². The van der Waals surface area contributed by atoms with Gasteiger partial charge in [-0.1, -0.05) is 27.7 Å². The summed E-state index contributed by atoms with van der Waals surface area (Å²) in [7, 11) is 0. The van der Waals surface area contributed by atoms with Crippen LogP contribution in [0.25, 0.3) is 11.0 Å². The zero-order chi connectivity index (χ0) is 15.8. The third kappa shape index (κ3) is 1.88. The lowest BCUT2D eigenvalue weighted by molar-refractivity contribution is -0.137. The first-order valence-corrected chi connectivity index (χ1v) is 7.20. The molecule has 1 aromatic heterocycles. The minimum Gasteiger partial charge on any atom is -0.331 e. The van der Waals surface area contributed by atoms with Crippen molar-refractivity contribution >= 4 is 23.3 Å². The van der Waals surface area contributed by atoms with Crippen molar-refractivity contribution < 1.29 is 13.2 Å². The van der Waals surface area contributed by atoms with Crippen LogP contribution in [0.5, 0.6) is 0 Å². The summed E-state index contributed by atoms with van der Waals surface area (Å²) in [6, 6.07) is 3.94. The predicted octanol–water partition coefficient (Wildman–Crippen LogP) is 5.32. The molecule has 1 aliphatic rings. The molecule has 1 fully saturated rings. The Morgan fingerprint density at radius 2 is 1.71 bits per heavy atom. The maximum Gasteiger partial charge on any atom is 0.416 e. The van der Waals surface area contributed by atoms with E-state index in [1.54, 1.807) is 0 Å². The third-order valence-electron chi connectivity index (χ3n) is 5.25. The monoisotopic (exact) mass is 314 g/mol. The van der Waals surface area contributed by atoms with E-state index in [0.29, 0.717) is 10.3 Å². The topological polar surface area (TPSA) is 20.7 Å². The minimum atomic E-state index is -4.34. The van der Waals surface area contributed by atoms with Crippen LogP contribution in [0.1, 0.15) is 39.3 Å². The van der Waals surface area contributed by atoms with Gasteiger partial charge in [-0.2, -0.15) is 13.2 Å². The van der Waals surface area contributed by atoms with Crippen molar-refractivity contribution in [3.8, 4) is 0 Å². The van der Waals surface area contributed by atoms with Gasteiger partial charge in [0.15, 0.2) is 4.77 Å². The van der Waals surface area contributed by atoms with Crippen molar-refractivity contribution in [3.05, 3.63) is 28.5 Å². The average molecular weight is 314 g/mol. The molecule has 0 radical (unpaired) electrons. The maximum atomic E-state index is 12.8. The maximum absolute atomic E-state index is 12.8. The molecule has 0 saturated heterocycles. The number of halogens is 3. The van der Waals surface area contributed by atoms with Gasteiger partial charge in [0.05, 0.1) is 16.6 Å². The fraction of sp³-hybridized carbons (Fsp3) is 0.533. The molecule has 0 amide bonds. The fourth-order valence-corrected chi connectivity index (χ4v) is 3.68. The minimum absolute atomic E-state index is 0.0586. The Bertz CT molecular complexity index is 766. The van der Waals surface area contributed by atoms with E-state index in [4.69, 9.17) is 12.2 Å². The fourth-order valence-electron chi connectivity index (χ4n) is 3.37. The lowest BCUT2D eigenvalue weighted by Gasteiger charge is -2.09. The van der Waals surface area contributed by atoms with E-state index in [1.807, 2.05) is 4.57 Å². The molecule has 1 heterocycles. The number of aromatic amines is 1. The molecule has 0 atom stereocenters. The molecule has 1 saturated carbocycles.